The third kappa shape index (κ3) is 3.46. The number of Topliss-reactive ketones (excluding diaryl/α,β-unsaturated/α-hetero) is 1. The van der Waals surface area contributed by atoms with E-state index in [0.717, 1.165) is 23.2 Å². The molecule has 2 heteroatoms. The first-order valence-electron chi connectivity index (χ1n) is 5.26. The molecule has 1 aromatic heterocycles. The van der Waals surface area contributed by atoms with Crippen molar-refractivity contribution < 1.29 is 4.79 Å². The molecule has 0 aliphatic heterocycles. The lowest BCUT2D eigenvalue weighted by Gasteiger charge is -2.19. The predicted molar refractivity (Wildman–Crippen MR) is 62.1 cm³/mol. The molecule has 1 heterocycles. The maximum absolute atomic E-state index is 11.5. The minimum atomic E-state index is 0.102. The molecule has 0 unspecified atom stereocenters. The van der Waals surface area contributed by atoms with Crippen LogP contribution >= 0.6 is 0 Å². The predicted octanol–water partition coefficient (Wildman–Crippen LogP) is 3.18. The summed E-state index contributed by atoms with van der Waals surface area (Å²) in [5, 5.41) is 0. The highest BCUT2D eigenvalue weighted by atomic mass is 16.1. The van der Waals surface area contributed by atoms with E-state index in [0.29, 0.717) is 0 Å². The van der Waals surface area contributed by atoms with Crippen LogP contribution in [-0.2, 0) is 6.42 Å². The number of aromatic nitrogens is 1. The first-order chi connectivity index (χ1) is 6.79. The number of nitrogens with zero attached hydrogens (tertiary/aromatic N) is 1. The summed E-state index contributed by atoms with van der Waals surface area (Å²) in [6, 6.07) is 1.93. The van der Waals surface area contributed by atoms with E-state index in [4.69, 9.17) is 0 Å². The van der Waals surface area contributed by atoms with Crippen LogP contribution in [0.15, 0.2) is 12.3 Å². The molecule has 0 saturated carbocycles. The molecule has 2 nitrogen and oxygen atoms in total. The highest BCUT2D eigenvalue weighted by molar-refractivity contribution is 5.95. The van der Waals surface area contributed by atoms with Gasteiger partial charge in [0.1, 0.15) is 0 Å². The molecule has 0 N–H and O–H groups in total. The summed E-state index contributed by atoms with van der Waals surface area (Å²) in [6.07, 6.45) is 2.66. The first kappa shape index (κ1) is 11.9. The quantitative estimate of drug-likeness (QED) is 0.694. The van der Waals surface area contributed by atoms with E-state index in [1.54, 1.807) is 6.92 Å². The Bertz CT molecular complexity index is 375. The number of pyridine rings is 1. The number of hydrogen-bond acceptors (Lipinski definition) is 2. The Morgan fingerprint density at radius 2 is 2.00 bits per heavy atom. The zero-order chi connectivity index (χ0) is 11.6. The molecule has 0 atom stereocenters. The van der Waals surface area contributed by atoms with Crippen LogP contribution in [-0.4, -0.2) is 10.8 Å². The van der Waals surface area contributed by atoms with E-state index in [1.165, 1.54) is 0 Å². The van der Waals surface area contributed by atoms with Crippen LogP contribution in [0.4, 0.5) is 0 Å². The number of aryl methyl sites for hydroxylation is 1. The van der Waals surface area contributed by atoms with Crippen molar-refractivity contribution in [1.29, 1.82) is 0 Å². The second-order valence-electron chi connectivity index (χ2n) is 5.30. The lowest BCUT2D eigenvalue weighted by atomic mass is 9.88. The Balaban J connectivity index is 3.12. The minimum Gasteiger partial charge on any atom is -0.294 e. The normalized spacial score (nSPS) is 11.5. The van der Waals surface area contributed by atoms with Crippen LogP contribution in [0.3, 0.4) is 0 Å². The fourth-order valence-electron chi connectivity index (χ4n) is 1.55. The summed E-state index contributed by atoms with van der Waals surface area (Å²) in [4.78, 5) is 15.8. The van der Waals surface area contributed by atoms with Gasteiger partial charge in [-0.1, -0.05) is 20.8 Å². The molecule has 0 aliphatic carbocycles. The zero-order valence-corrected chi connectivity index (χ0v) is 10.2. The third-order valence-corrected chi connectivity index (χ3v) is 2.18. The SMILES string of the molecule is CC(=O)c1cc(C)cnc1CC(C)(C)C. The maximum Gasteiger partial charge on any atom is 0.161 e. The lowest BCUT2D eigenvalue weighted by molar-refractivity contribution is 0.101. The van der Waals surface area contributed by atoms with Gasteiger partial charge in [-0.25, -0.2) is 0 Å². The van der Waals surface area contributed by atoms with Gasteiger partial charge < -0.3 is 0 Å². The topological polar surface area (TPSA) is 30.0 Å². The molecule has 0 aliphatic rings. The summed E-state index contributed by atoms with van der Waals surface area (Å²) < 4.78 is 0. The monoisotopic (exact) mass is 205 g/mol. The van der Waals surface area contributed by atoms with Gasteiger partial charge in [-0.15, -0.1) is 0 Å². The molecule has 1 aromatic rings. The van der Waals surface area contributed by atoms with E-state index >= 15 is 0 Å². The van der Waals surface area contributed by atoms with Gasteiger partial charge >= 0.3 is 0 Å². The van der Waals surface area contributed by atoms with E-state index in [-0.39, 0.29) is 11.2 Å². The summed E-state index contributed by atoms with van der Waals surface area (Å²) in [6.45, 7) is 10.0. The number of hydrogen-bond donors (Lipinski definition) is 0. The smallest absolute Gasteiger partial charge is 0.161 e. The van der Waals surface area contributed by atoms with Crippen LogP contribution < -0.4 is 0 Å². The van der Waals surface area contributed by atoms with Crippen molar-refractivity contribution in [2.24, 2.45) is 5.41 Å². The van der Waals surface area contributed by atoms with Crippen molar-refractivity contribution in [1.82, 2.24) is 4.98 Å². The van der Waals surface area contributed by atoms with Gasteiger partial charge in [0.25, 0.3) is 0 Å². The molecule has 1 rings (SSSR count). The minimum absolute atomic E-state index is 0.102. The zero-order valence-electron chi connectivity index (χ0n) is 10.2. The number of ketones is 1. The molecule has 0 spiro atoms. The highest BCUT2D eigenvalue weighted by Crippen LogP contribution is 2.22. The number of carbonyl (C=O) groups excluding carboxylic acids is 1. The Morgan fingerprint density at radius 1 is 1.40 bits per heavy atom. The molecule has 15 heavy (non-hydrogen) atoms. The second-order valence-corrected chi connectivity index (χ2v) is 5.30. The van der Waals surface area contributed by atoms with Crippen molar-refractivity contribution >= 4 is 5.78 Å². The summed E-state index contributed by atoms with van der Waals surface area (Å²) in [5.41, 5.74) is 2.88. The number of carbonyl (C=O) groups is 1. The van der Waals surface area contributed by atoms with E-state index in [2.05, 4.69) is 25.8 Å². The molecule has 0 amide bonds. The largest absolute Gasteiger partial charge is 0.294 e. The number of rotatable bonds is 2. The van der Waals surface area contributed by atoms with Crippen LogP contribution in [0.25, 0.3) is 0 Å². The van der Waals surface area contributed by atoms with Crippen LogP contribution in [0.2, 0.25) is 0 Å². The molecule has 0 fully saturated rings. The average molecular weight is 205 g/mol. The van der Waals surface area contributed by atoms with Gasteiger partial charge in [0.05, 0.1) is 5.69 Å². The molecule has 0 bridgehead atoms. The maximum atomic E-state index is 11.5. The Labute approximate surface area is 91.7 Å². The lowest BCUT2D eigenvalue weighted by Crippen LogP contribution is -2.14. The van der Waals surface area contributed by atoms with Crippen LogP contribution in [0.5, 0.6) is 0 Å². The summed E-state index contributed by atoms with van der Waals surface area (Å²) in [5.74, 6) is 0.102. The van der Waals surface area contributed by atoms with Crippen LogP contribution in [0.1, 0.15) is 49.3 Å². The molecular formula is C13H19NO. The van der Waals surface area contributed by atoms with Crippen molar-refractivity contribution in [2.45, 2.75) is 41.0 Å². The van der Waals surface area contributed by atoms with Gasteiger partial charge in [-0.2, -0.15) is 0 Å². The summed E-state index contributed by atoms with van der Waals surface area (Å²) in [7, 11) is 0. The van der Waals surface area contributed by atoms with Crippen molar-refractivity contribution in [2.75, 3.05) is 0 Å². The molecule has 0 aromatic carbocycles. The van der Waals surface area contributed by atoms with Gasteiger partial charge in [-0.05, 0) is 37.3 Å². The third-order valence-electron chi connectivity index (χ3n) is 2.18. The average Bonchev–Trinajstić information content (AvgIpc) is 2.05. The van der Waals surface area contributed by atoms with Crippen molar-refractivity contribution in [3.63, 3.8) is 0 Å². The molecule has 0 saturated heterocycles. The molecule has 0 radical (unpaired) electrons. The van der Waals surface area contributed by atoms with Gasteiger partial charge in [-0.3, -0.25) is 9.78 Å². The molecule has 82 valence electrons. The first-order valence-corrected chi connectivity index (χ1v) is 5.26. The van der Waals surface area contributed by atoms with E-state index in [9.17, 15) is 4.79 Å². The van der Waals surface area contributed by atoms with Gasteiger partial charge in [0.15, 0.2) is 5.78 Å². The van der Waals surface area contributed by atoms with Gasteiger partial charge in [0, 0.05) is 11.8 Å². The molecular weight excluding hydrogens is 186 g/mol. The highest BCUT2D eigenvalue weighted by Gasteiger charge is 2.17. The van der Waals surface area contributed by atoms with E-state index < -0.39 is 0 Å². The fraction of sp³-hybridized carbons (Fsp3) is 0.538. The van der Waals surface area contributed by atoms with E-state index in [1.807, 2.05) is 19.2 Å². The Kier molecular flexibility index (Phi) is 3.28. The fourth-order valence-corrected chi connectivity index (χ4v) is 1.55. The van der Waals surface area contributed by atoms with Crippen molar-refractivity contribution in [3.8, 4) is 0 Å². The Morgan fingerprint density at radius 3 is 2.47 bits per heavy atom. The van der Waals surface area contributed by atoms with Gasteiger partial charge in [0.2, 0.25) is 0 Å². The second kappa shape index (κ2) is 4.13. The van der Waals surface area contributed by atoms with Crippen molar-refractivity contribution in [3.05, 3.63) is 29.1 Å². The Hall–Kier alpha value is -1.18. The van der Waals surface area contributed by atoms with Crippen LogP contribution in [0, 0.1) is 12.3 Å². The summed E-state index contributed by atoms with van der Waals surface area (Å²) >= 11 is 0. The standard InChI is InChI=1S/C13H19NO/c1-9-6-11(10(2)15)12(14-8-9)7-13(3,4)5/h6,8H,7H2,1-5H3.